The van der Waals surface area contributed by atoms with Crippen LogP contribution in [-0.4, -0.2) is 16.6 Å². The molecular weight excluding hydrogens is 346 g/mol. The molecule has 2 aromatic heterocycles. The standard InChI is InChI=1S/C20H23N3O2S/c1-3-11-24-17-6-8-18(9-7-17)25-20-16(5-4-10-22-20)12-21-13-19-14-23-15(2)26-19/h4-10,14,21H,3,11-13H2,1-2H3. The molecule has 136 valence electrons. The molecule has 0 saturated carbocycles. The highest BCUT2D eigenvalue weighted by atomic mass is 32.1. The third kappa shape index (κ3) is 5.28. The van der Waals surface area contributed by atoms with Crippen LogP contribution in [0.15, 0.2) is 48.8 Å². The summed E-state index contributed by atoms with van der Waals surface area (Å²) in [7, 11) is 0. The van der Waals surface area contributed by atoms with E-state index in [4.69, 9.17) is 9.47 Å². The summed E-state index contributed by atoms with van der Waals surface area (Å²) in [6.07, 6.45) is 4.64. The van der Waals surface area contributed by atoms with Crippen LogP contribution in [0.4, 0.5) is 0 Å². The largest absolute Gasteiger partial charge is 0.494 e. The van der Waals surface area contributed by atoms with Gasteiger partial charge in [-0.15, -0.1) is 11.3 Å². The predicted molar refractivity (Wildman–Crippen MR) is 104 cm³/mol. The van der Waals surface area contributed by atoms with E-state index in [1.165, 1.54) is 4.88 Å². The Morgan fingerprint density at radius 1 is 1.04 bits per heavy atom. The zero-order valence-electron chi connectivity index (χ0n) is 15.1. The van der Waals surface area contributed by atoms with E-state index >= 15 is 0 Å². The van der Waals surface area contributed by atoms with Crippen molar-refractivity contribution in [2.45, 2.75) is 33.4 Å². The average molecular weight is 369 g/mol. The zero-order valence-corrected chi connectivity index (χ0v) is 15.9. The second kappa shape index (κ2) is 9.31. The third-order valence-electron chi connectivity index (χ3n) is 3.64. The lowest BCUT2D eigenvalue weighted by Gasteiger charge is -2.11. The van der Waals surface area contributed by atoms with Crippen LogP contribution in [-0.2, 0) is 13.1 Å². The highest BCUT2D eigenvalue weighted by molar-refractivity contribution is 7.11. The fourth-order valence-corrected chi connectivity index (χ4v) is 3.16. The van der Waals surface area contributed by atoms with Crippen molar-refractivity contribution < 1.29 is 9.47 Å². The summed E-state index contributed by atoms with van der Waals surface area (Å²) in [5, 5.41) is 4.50. The Balaban J connectivity index is 1.59. The Morgan fingerprint density at radius 3 is 2.58 bits per heavy atom. The quantitative estimate of drug-likeness (QED) is 0.591. The van der Waals surface area contributed by atoms with E-state index in [2.05, 4.69) is 22.2 Å². The summed E-state index contributed by atoms with van der Waals surface area (Å²) in [5.74, 6) is 2.21. The topological polar surface area (TPSA) is 56.3 Å². The molecule has 0 aliphatic rings. The molecule has 5 nitrogen and oxygen atoms in total. The van der Waals surface area contributed by atoms with Gasteiger partial charge >= 0.3 is 0 Å². The number of aryl methyl sites for hydroxylation is 1. The Labute approximate surface area is 158 Å². The first-order valence-electron chi connectivity index (χ1n) is 8.71. The van der Waals surface area contributed by atoms with Crippen molar-refractivity contribution in [3.63, 3.8) is 0 Å². The van der Waals surface area contributed by atoms with Crippen molar-refractivity contribution in [2.24, 2.45) is 0 Å². The Kier molecular flexibility index (Phi) is 6.57. The van der Waals surface area contributed by atoms with Crippen molar-refractivity contribution in [3.05, 3.63) is 64.2 Å². The van der Waals surface area contributed by atoms with Crippen molar-refractivity contribution >= 4 is 11.3 Å². The second-order valence-electron chi connectivity index (χ2n) is 5.84. The number of nitrogens with zero attached hydrogens (tertiary/aromatic N) is 2. The molecule has 0 amide bonds. The molecule has 0 spiro atoms. The van der Waals surface area contributed by atoms with Crippen LogP contribution in [0.1, 0.15) is 28.8 Å². The number of thiazole rings is 1. The maximum Gasteiger partial charge on any atom is 0.223 e. The fraction of sp³-hybridized carbons (Fsp3) is 0.300. The predicted octanol–water partition coefficient (Wildman–Crippen LogP) is 4.72. The van der Waals surface area contributed by atoms with Gasteiger partial charge in [0.15, 0.2) is 0 Å². The van der Waals surface area contributed by atoms with E-state index in [1.807, 2.05) is 49.5 Å². The van der Waals surface area contributed by atoms with Gasteiger partial charge in [0.1, 0.15) is 11.5 Å². The van der Waals surface area contributed by atoms with Gasteiger partial charge in [0.25, 0.3) is 0 Å². The molecule has 1 aromatic carbocycles. The number of hydrogen-bond acceptors (Lipinski definition) is 6. The third-order valence-corrected chi connectivity index (χ3v) is 4.56. The van der Waals surface area contributed by atoms with Crippen molar-refractivity contribution in [2.75, 3.05) is 6.61 Å². The molecule has 3 aromatic rings. The lowest BCUT2D eigenvalue weighted by atomic mass is 10.2. The van der Waals surface area contributed by atoms with Gasteiger partial charge in [-0.2, -0.15) is 0 Å². The molecule has 0 fully saturated rings. The zero-order chi connectivity index (χ0) is 18.2. The van der Waals surface area contributed by atoms with Gasteiger partial charge in [0.2, 0.25) is 5.88 Å². The SMILES string of the molecule is CCCOc1ccc(Oc2ncccc2CNCc2cnc(C)s2)cc1. The summed E-state index contributed by atoms with van der Waals surface area (Å²) >= 11 is 1.70. The van der Waals surface area contributed by atoms with Gasteiger partial charge in [-0.3, -0.25) is 0 Å². The summed E-state index contributed by atoms with van der Waals surface area (Å²) in [5.41, 5.74) is 1.01. The maximum absolute atomic E-state index is 5.96. The summed E-state index contributed by atoms with van der Waals surface area (Å²) in [6, 6.07) is 11.6. The lowest BCUT2D eigenvalue weighted by molar-refractivity contribution is 0.317. The van der Waals surface area contributed by atoms with Gasteiger partial charge in [-0.1, -0.05) is 13.0 Å². The Hall–Kier alpha value is -2.44. The minimum Gasteiger partial charge on any atom is -0.494 e. The first-order valence-corrected chi connectivity index (χ1v) is 9.53. The number of aromatic nitrogens is 2. The van der Waals surface area contributed by atoms with Crippen LogP contribution in [0.25, 0.3) is 0 Å². The lowest BCUT2D eigenvalue weighted by Crippen LogP contribution is -2.12. The molecule has 0 atom stereocenters. The number of ether oxygens (including phenoxy) is 2. The normalized spacial score (nSPS) is 10.7. The molecule has 26 heavy (non-hydrogen) atoms. The fourth-order valence-electron chi connectivity index (χ4n) is 2.39. The van der Waals surface area contributed by atoms with Crippen molar-refractivity contribution in [1.29, 1.82) is 0 Å². The number of nitrogens with one attached hydrogen (secondary N) is 1. The minimum atomic E-state index is 0.614. The Morgan fingerprint density at radius 2 is 1.85 bits per heavy atom. The second-order valence-corrected chi connectivity index (χ2v) is 7.16. The van der Waals surface area contributed by atoms with Gasteiger partial charge in [-0.25, -0.2) is 9.97 Å². The van der Waals surface area contributed by atoms with E-state index in [0.717, 1.165) is 41.6 Å². The van der Waals surface area contributed by atoms with Crippen LogP contribution < -0.4 is 14.8 Å². The van der Waals surface area contributed by atoms with E-state index in [0.29, 0.717) is 12.4 Å². The summed E-state index contributed by atoms with van der Waals surface area (Å²) < 4.78 is 11.6. The molecule has 6 heteroatoms. The average Bonchev–Trinajstić information content (AvgIpc) is 3.08. The van der Waals surface area contributed by atoms with Gasteiger partial charge in [-0.05, 0) is 43.7 Å². The number of pyridine rings is 1. The Bertz CT molecular complexity index is 818. The molecule has 0 bridgehead atoms. The number of rotatable bonds is 9. The van der Waals surface area contributed by atoms with Crippen LogP contribution in [0.3, 0.4) is 0 Å². The van der Waals surface area contributed by atoms with Crippen LogP contribution in [0, 0.1) is 6.92 Å². The molecule has 2 heterocycles. The molecule has 0 unspecified atom stereocenters. The van der Waals surface area contributed by atoms with Gasteiger partial charge in [0.05, 0.1) is 11.6 Å². The van der Waals surface area contributed by atoms with E-state index in [-0.39, 0.29) is 0 Å². The number of benzene rings is 1. The molecular formula is C20H23N3O2S. The first kappa shape index (κ1) is 18.4. The summed E-state index contributed by atoms with van der Waals surface area (Å²) in [4.78, 5) is 9.86. The molecule has 1 N–H and O–H groups in total. The highest BCUT2D eigenvalue weighted by Gasteiger charge is 2.07. The highest BCUT2D eigenvalue weighted by Crippen LogP contribution is 2.25. The monoisotopic (exact) mass is 369 g/mol. The van der Waals surface area contributed by atoms with Gasteiger partial charge < -0.3 is 14.8 Å². The summed E-state index contributed by atoms with van der Waals surface area (Å²) in [6.45, 7) is 6.28. The van der Waals surface area contributed by atoms with E-state index in [9.17, 15) is 0 Å². The van der Waals surface area contributed by atoms with Crippen molar-refractivity contribution in [1.82, 2.24) is 15.3 Å². The maximum atomic E-state index is 5.96. The van der Waals surface area contributed by atoms with Crippen molar-refractivity contribution in [3.8, 4) is 17.4 Å². The smallest absolute Gasteiger partial charge is 0.223 e. The van der Waals surface area contributed by atoms with Crippen LogP contribution in [0.5, 0.6) is 17.4 Å². The van der Waals surface area contributed by atoms with Gasteiger partial charge in [0, 0.05) is 35.9 Å². The molecule has 0 saturated heterocycles. The molecule has 0 aliphatic heterocycles. The minimum absolute atomic E-state index is 0.614. The van der Waals surface area contributed by atoms with Crippen LogP contribution in [0.2, 0.25) is 0 Å². The molecule has 3 rings (SSSR count). The van der Waals surface area contributed by atoms with E-state index < -0.39 is 0 Å². The van der Waals surface area contributed by atoms with E-state index in [1.54, 1.807) is 17.5 Å². The van der Waals surface area contributed by atoms with Crippen LogP contribution >= 0.6 is 11.3 Å². The first-order chi connectivity index (χ1) is 12.7. The number of hydrogen-bond donors (Lipinski definition) is 1. The molecule has 0 aliphatic carbocycles. The molecule has 0 radical (unpaired) electrons.